The molecule has 15 heavy (non-hydrogen) atoms. The minimum atomic E-state index is -0.727. The van der Waals surface area contributed by atoms with Crippen molar-refractivity contribution in [2.45, 2.75) is 13.8 Å². The first-order chi connectivity index (χ1) is 6.86. The van der Waals surface area contributed by atoms with Crippen molar-refractivity contribution in [3.05, 3.63) is 37.4 Å². The lowest BCUT2D eigenvalue weighted by Gasteiger charge is -2.05. The van der Waals surface area contributed by atoms with Crippen molar-refractivity contribution in [1.82, 2.24) is 0 Å². The Morgan fingerprint density at radius 3 is 1.93 bits per heavy atom. The molecule has 0 bridgehead atoms. The number of benzene rings is 1. The van der Waals surface area contributed by atoms with Crippen LogP contribution in [-0.4, -0.2) is 9.85 Å². The van der Waals surface area contributed by atoms with E-state index in [-0.39, 0.29) is 11.4 Å². The van der Waals surface area contributed by atoms with Gasteiger partial charge in [0.25, 0.3) is 11.4 Å². The van der Waals surface area contributed by atoms with Crippen molar-refractivity contribution in [1.29, 1.82) is 0 Å². The first kappa shape index (κ1) is 10.9. The van der Waals surface area contributed by atoms with Crippen LogP contribution >= 0.6 is 0 Å². The molecule has 0 aliphatic carbocycles. The van der Waals surface area contributed by atoms with Gasteiger partial charge in [-0.25, -0.2) is 0 Å². The summed E-state index contributed by atoms with van der Waals surface area (Å²) in [6.07, 6.45) is 0. The summed E-state index contributed by atoms with van der Waals surface area (Å²) in [7, 11) is 0. The van der Waals surface area contributed by atoms with Crippen LogP contribution in [0.5, 0.6) is 0 Å². The molecule has 0 saturated heterocycles. The Balaban J connectivity index is 3.59. The second-order valence-corrected chi connectivity index (χ2v) is 3.09. The van der Waals surface area contributed by atoms with Crippen LogP contribution in [0.15, 0.2) is 6.07 Å². The zero-order valence-corrected chi connectivity index (χ0v) is 8.18. The van der Waals surface area contributed by atoms with Crippen LogP contribution in [0.4, 0.5) is 17.1 Å². The molecular formula is C8H9N3O4. The van der Waals surface area contributed by atoms with Gasteiger partial charge in [-0.2, -0.15) is 0 Å². The Bertz CT molecular complexity index is 417. The number of nitro benzene ring substituents is 2. The van der Waals surface area contributed by atoms with Crippen molar-refractivity contribution in [3.8, 4) is 0 Å². The van der Waals surface area contributed by atoms with E-state index in [4.69, 9.17) is 5.73 Å². The van der Waals surface area contributed by atoms with Crippen LogP contribution < -0.4 is 5.73 Å². The molecule has 0 radical (unpaired) electrons. The summed E-state index contributed by atoms with van der Waals surface area (Å²) in [6.45, 7) is 3.03. The minimum Gasteiger partial charge on any atom is -0.393 e. The second kappa shape index (κ2) is 3.52. The largest absolute Gasteiger partial charge is 0.393 e. The van der Waals surface area contributed by atoms with Crippen molar-refractivity contribution >= 4 is 17.1 Å². The van der Waals surface area contributed by atoms with Gasteiger partial charge in [0.2, 0.25) is 0 Å². The molecule has 0 atom stereocenters. The maximum atomic E-state index is 10.6. The average molecular weight is 211 g/mol. The first-order valence-electron chi connectivity index (χ1n) is 4.04. The van der Waals surface area contributed by atoms with E-state index in [1.54, 1.807) is 0 Å². The second-order valence-electron chi connectivity index (χ2n) is 3.09. The normalized spacial score (nSPS) is 10.0. The van der Waals surface area contributed by atoms with Gasteiger partial charge in [0, 0.05) is 5.56 Å². The number of hydrogen-bond acceptors (Lipinski definition) is 5. The van der Waals surface area contributed by atoms with E-state index in [0.29, 0.717) is 11.1 Å². The lowest BCUT2D eigenvalue weighted by Crippen LogP contribution is -2.03. The molecule has 1 aromatic rings. The third-order valence-electron chi connectivity index (χ3n) is 2.29. The summed E-state index contributed by atoms with van der Waals surface area (Å²) >= 11 is 0. The Hall–Kier alpha value is -2.18. The molecule has 0 fully saturated rings. The summed E-state index contributed by atoms with van der Waals surface area (Å²) < 4.78 is 0. The fourth-order valence-corrected chi connectivity index (χ4v) is 1.24. The van der Waals surface area contributed by atoms with Gasteiger partial charge in [-0.3, -0.25) is 20.2 Å². The van der Waals surface area contributed by atoms with Crippen LogP contribution in [0, 0.1) is 34.1 Å². The fraction of sp³-hybridized carbons (Fsp3) is 0.250. The van der Waals surface area contributed by atoms with Gasteiger partial charge < -0.3 is 5.73 Å². The number of nitrogens with zero attached hydrogens (tertiary/aromatic N) is 2. The standard InChI is InChI=1S/C8H9N3O4/c1-4-5(2)8(9)7(11(14)15)3-6(4)10(12)13/h3H,9H2,1-2H3. The van der Waals surface area contributed by atoms with Crippen LogP contribution in [0.3, 0.4) is 0 Å². The molecule has 2 N–H and O–H groups in total. The van der Waals surface area contributed by atoms with Crippen LogP contribution in [0.1, 0.15) is 11.1 Å². The van der Waals surface area contributed by atoms with E-state index in [2.05, 4.69) is 0 Å². The SMILES string of the molecule is Cc1c([N+](=O)[O-])cc([N+](=O)[O-])c(N)c1C. The molecule has 0 amide bonds. The van der Waals surface area contributed by atoms with Gasteiger partial charge in [-0.05, 0) is 19.4 Å². The lowest BCUT2D eigenvalue weighted by molar-refractivity contribution is -0.394. The smallest absolute Gasteiger partial charge is 0.299 e. The van der Waals surface area contributed by atoms with E-state index < -0.39 is 15.5 Å². The predicted molar refractivity (Wildman–Crippen MR) is 53.6 cm³/mol. The first-order valence-corrected chi connectivity index (χ1v) is 4.04. The van der Waals surface area contributed by atoms with E-state index in [9.17, 15) is 20.2 Å². The van der Waals surface area contributed by atoms with Gasteiger partial charge >= 0.3 is 0 Å². The average Bonchev–Trinajstić information content (AvgIpc) is 2.13. The van der Waals surface area contributed by atoms with Crippen molar-refractivity contribution in [2.75, 3.05) is 5.73 Å². The highest BCUT2D eigenvalue weighted by atomic mass is 16.6. The van der Waals surface area contributed by atoms with Crippen LogP contribution in [0.25, 0.3) is 0 Å². The van der Waals surface area contributed by atoms with Crippen molar-refractivity contribution in [2.24, 2.45) is 0 Å². The molecule has 0 aromatic heterocycles. The summed E-state index contributed by atoms with van der Waals surface area (Å²) in [4.78, 5) is 19.8. The molecule has 0 aliphatic heterocycles. The Kier molecular flexibility index (Phi) is 2.56. The van der Waals surface area contributed by atoms with Gasteiger partial charge in [0.05, 0.1) is 15.9 Å². The summed E-state index contributed by atoms with van der Waals surface area (Å²) in [5.74, 6) is 0. The number of anilines is 1. The maximum absolute atomic E-state index is 10.6. The summed E-state index contributed by atoms with van der Waals surface area (Å²) in [5, 5.41) is 21.2. The number of nitrogens with two attached hydrogens (primary N) is 1. The number of hydrogen-bond donors (Lipinski definition) is 1. The number of nitro groups is 2. The highest BCUT2D eigenvalue weighted by Crippen LogP contribution is 2.33. The monoisotopic (exact) mass is 211 g/mol. The third-order valence-corrected chi connectivity index (χ3v) is 2.29. The third kappa shape index (κ3) is 1.71. The highest BCUT2D eigenvalue weighted by molar-refractivity contribution is 5.70. The predicted octanol–water partition coefficient (Wildman–Crippen LogP) is 1.70. The van der Waals surface area contributed by atoms with Gasteiger partial charge in [-0.15, -0.1) is 0 Å². The van der Waals surface area contributed by atoms with Crippen LogP contribution in [-0.2, 0) is 0 Å². The van der Waals surface area contributed by atoms with Gasteiger partial charge in [-0.1, -0.05) is 0 Å². The Labute approximate surface area is 84.8 Å². The van der Waals surface area contributed by atoms with E-state index in [0.717, 1.165) is 6.07 Å². The molecule has 0 aliphatic rings. The van der Waals surface area contributed by atoms with Crippen molar-refractivity contribution < 1.29 is 9.85 Å². The molecule has 7 nitrogen and oxygen atoms in total. The van der Waals surface area contributed by atoms with E-state index >= 15 is 0 Å². The molecule has 0 saturated carbocycles. The van der Waals surface area contributed by atoms with Gasteiger partial charge in [0.1, 0.15) is 5.69 Å². The maximum Gasteiger partial charge on any atom is 0.299 e. The zero-order valence-electron chi connectivity index (χ0n) is 8.18. The highest BCUT2D eigenvalue weighted by Gasteiger charge is 2.23. The lowest BCUT2D eigenvalue weighted by atomic mass is 10.0. The Morgan fingerprint density at radius 1 is 1.07 bits per heavy atom. The summed E-state index contributed by atoms with van der Waals surface area (Å²) in [5.41, 5.74) is 5.48. The quantitative estimate of drug-likeness (QED) is 0.454. The fourth-order valence-electron chi connectivity index (χ4n) is 1.24. The number of nitrogen functional groups attached to an aromatic ring is 1. The molecule has 0 spiro atoms. The molecule has 0 unspecified atom stereocenters. The van der Waals surface area contributed by atoms with E-state index in [1.165, 1.54) is 13.8 Å². The molecular weight excluding hydrogens is 202 g/mol. The van der Waals surface area contributed by atoms with Gasteiger partial charge in [0.15, 0.2) is 0 Å². The molecule has 80 valence electrons. The Morgan fingerprint density at radius 2 is 1.53 bits per heavy atom. The summed E-state index contributed by atoms with van der Waals surface area (Å²) in [6, 6.07) is 0.887. The molecule has 1 aromatic carbocycles. The van der Waals surface area contributed by atoms with E-state index in [1.807, 2.05) is 0 Å². The van der Waals surface area contributed by atoms with Crippen molar-refractivity contribution in [3.63, 3.8) is 0 Å². The topological polar surface area (TPSA) is 112 Å². The minimum absolute atomic E-state index is 0.0249. The molecule has 7 heteroatoms. The zero-order chi connectivity index (χ0) is 11.7. The molecule has 1 rings (SSSR count). The molecule has 0 heterocycles. The van der Waals surface area contributed by atoms with Crippen LogP contribution in [0.2, 0.25) is 0 Å². The number of rotatable bonds is 2.